The molecule has 0 spiro atoms. The Labute approximate surface area is 629 Å². The molecule has 0 saturated carbocycles. The van der Waals surface area contributed by atoms with E-state index < -0.39 is 54.0 Å². The Morgan fingerprint density at radius 1 is 0.346 bits per heavy atom. The summed E-state index contributed by atoms with van der Waals surface area (Å²) >= 11 is 0. The second-order valence-electron chi connectivity index (χ2n) is 22.3. The number of ether oxygens (including phenoxy) is 5. The molecule has 8 heterocycles. The summed E-state index contributed by atoms with van der Waals surface area (Å²) in [5, 5.41) is 92.5. The Morgan fingerprint density at radius 3 is 0.776 bits per heavy atom. The van der Waals surface area contributed by atoms with E-state index in [4.69, 9.17) is 18.9 Å². The fourth-order valence-electron chi connectivity index (χ4n) is 9.60. The van der Waals surface area contributed by atoms with Gasteiger partial charge in [-0.2, -0.15) is 20.5 Å². The average Bonchev–Trinajstić information content (AvgIpc) is 1.68. The fourth-order valence-corrected chi connectivity index (χ4v) is 9.60. The van der Waals surface area contributed by atoms with Gasteiger partial charge in [-0.1, -0.05) is 24.3 Å². The van der Waals surface area contributed by atoms with E-state index in [0.717, 1.165) is 0 Å². The van der Waals surface area contributed by atoms with Crippen molar-refractivity contribution in [1.29, 1.82) is 0 Å². The summed E-state index contributed by atoms with van der Waals surface area (Å²) < 4.78 is 30.2. The summed E-state index contributed by atoms with van der Waals surface area (Å²) in [6, 6.07) is 43.4. The van der Waals surface area contributed by atoms with Gasteiger partial charge in [0.15, 0.2) is 23.3 Å². The number of hydrogen-bond donors (Lipinski definition) is 4. The van der Waals surface area contributed by atoms with Crippen molar-refractivity contribution >= 4 is 122 Å². The molecule has 4 atom stereocenters. The first-order chi connectivity index (χ1) is 50.8. The van der Waals surface area contributed by atoms with Crippen molar-refractivity contribution in [3.8, 4) is 0 Å². The topological polar surface area (TPSA) is 424 Å². The molecule has 4 aliphatic heterocycles. The van der Waals surface area contributed by atoms with Crippen LogP contribution >= 0.6 is 0 Å². The largest absolute Gasteiger partial charge is 0.465 e. The number of aliphatic hydroxyl groups excluding tert-OH is 4. The number of hydrogen-bond acceptors (Lipinski definition) is 26. The zero-order valence-corrected chi connectivity index (χ0v) is 59.5. The predicted octanol–water partition coefficient (Wildman–Crippen LogP) is 11.7. The van der Waals surface area contributed by atoms with Gasteiger partial charge in [0.1, 0.15) is 49.3 Å². The first-order valence-electron chi connectivity index (χ1n) is 31.9. The Morgan fingerprint density at radius 2 is 0.570 bits per heavy atom. The van der Waals surface area contributed by atoms with Crippen LogP contribution in [0.5, 0.6) is 0 Å². The molecule has 34 nitrogen and oxygen atoms in total. The van der Waals surface area contributed by atoms with Crippen LogP contribution in [0.1, 0.15) is 76.1 Å². The SMILES string of the molecule is CC(=O)OCCOC(=O)c1ccc([N+]2=C(O)C(N=Nc3ccccn3)C(C)=N2)cc1.CC1=N[N+](c2ccc(C(=O)OCCOC(=O)c3ccc([N+]4=C(O)C(N=Nc5ccccn5)C(C)=N4)cc3)cc2)=C(O)C1N=Nc1ccccn1.COC(=O)c1ccc([N+]2=C(O)C(N=Nc3ccccn3)C(C)=N2)cc1.[Ni].[Ni]. The number of carbonyl (C=O) groups is 5. The summed E-state index contributed by atoms with van der Waals surface area (Å²) in [7, 11) is 1.32. The molecule has 0 bridgehead atoms. The Balaban J connectivity index is 0.000000217. The van der Waals surface area contributed by atoms with E-state index >= 15 is 0 Å². The van der Waals surface area contributed by atoms with Gasteiger partial charge in [-0.15, -0.1) is 20.5 Å². The van der Waals surface area contributed by atoms with E-state index in [-0.39, 0.29) is 94.1 Å². The van der Waals surface area contributed by atoms with Crippen molar-refractivity contribution in [2.24, 2.45) is 61.3 Å². The first-order valence-corrected chi connectivity index (χ1v) is 31.9. The maximum Gasteiger partial charge on any atom is 0.404 e. The zero-order chi connectivity index (χ0) is 74.4. The number of rotatable bonds is 22. The van der Waals surface area contributed by atoms with Crippen LogP contribution in [-0.2, 0) is 61.5 Å². The van der Waals surface area contributed by atoms with Gasteiger partial charge in [0, 0.05) is 134 Å². The van der Waals surface area contributed by atoms with Gasteiger partial charge in [-0.3, -0.25) is 4.79 Å². The molecule has 0 saturated heterocycles. The summed E-state index contributed by atoms with van der Waals surface area (Å²) in [6.07, 6.45) is 6.40. The second-order valence-corrected chi connectivity index (χ2v) is 22.3. The number of aromatic nitrogens is 4. The maximum absolute atomic E-state index is 12.6. The molecule has 36 heteroatoms. The van der Waals surface area contributed by atoms with E-state index in [1.54, 1.807) is 198 Å². The number of aliphatic hydroxyl groups is 4. The van der Waals surface area contributed by atoms with Crippen LogP contribution in [-0.4, -0.2) is 193 Å². The summed E-state index contributed by atoms with van der Waals surface area (Å²) in [5.74, 6) is -1.44. The molecule has 4 aromatic carbocycles. The third-order valence-electron chi connectivity index (χ3n) is 14.9. The minimum Gasteiger partial charge on any atom is -0.465 e. The van der Waals surface area contributed by atoms with Crippen LogP contribution in [0.2, 0.25) is 0 Å². The van der Waals surface area contributed by atoms with E-state index in [0.29, 0.717) is 80.0 Å². The molecule has 8 aromatic rings. The molecule has 4 unspecified atom stereocenters. The van der Waals surface area contributed by atoms with Crippen molar-refractivity contribution in [3.63, 3.8) is 0 Å². The van der Waals surface area contributed by atoms with Crippen molar-refractivity contribution < 1.29 is 120 Å². The molecule has 0 radical (unpaired) electrons. The number of esters is 5. The molecular formula is C71H66N20Ni2O14+4. The molecule has 4 N–H and O–H groups in total. The number of nitrogens with zero attached hydrogens (tertiary/aromatic N) is 20. The fraction of sp³-hybridized carbons (Fsp3) is 0.197. The van der Waals surface area contributed by atoms with Crippen LogP contribution in [0.3, 0.4) is 0 Å². The molecule has 12 rings (SSSR count). The van der Waals surface area contributed by atoms with Crippen LogP contribution in [0, 0.1) is 0 Å². The summed E-state index contributed by atoms with van der Waals surface area (Å²) in [6.45, 7) is 7.82. The minimum atomic E-state index is -0.771. The number of azo groups is 4. The summed E-state index contributed by atoms with van der Waals surface area (Å²) in [4.78, 5) is 75.6. The Bertz CT molecular complexity index is 4760. The number of carbonyl (C=O) groups excluding carboxylic acids is 5. The monoisotopic (exact) mass is 1540 g/mol. The number of pyridine rings is 4. The molecule has 0 fully saturated rings. The van der Waals surface area contributed by atoms with Gasteiger partial charge in [0.05, 0.1) is 29.4 Å². The Kier molecular flexibility index (Phi) is 28.5. The summed E-state index contributed by atoms with van der Waals surface area (Å²) in [5.41, 5.74) is 5.57. The molecular weight excluding hydrogens is 1470 g/mol. The Hall–Kier alpha value is -13.2. The molecule has 0 amide bonds. The molecule has 550 valence electrons. The average molecular weight is 1540 g/mol. The molecule has 4 aliphatic rings. The molecule has 0 aliphatic carbocycles. The van der Waals surface area contributed by atoms with Gasteiger partial charge in [0.2, 0.25) is 46.9 Å². The van der Waals surface area contributed by atoms with Gasteiger partial charge in [-0.25, -0.2) is 39.1 Å². The van der Waals surface area contributed by atoms with Crippen LogP contribution < -0.4 is 0 Å². The standard InChI is InChI=1S/C34H28N10O6.C20H19N5O5.C17H15N5O3.2Ni/c1-21-29(39-37-27-7-3-5-17-35-27)31(45)43(41-21)25-13-9-23(10-14-25)33(47)49-19-20-50-34(48)24-11-15-26(16-12-24)44-32(46)30(22(2)42-44)40-38-28-8-4-6-18-36-28;1-13-18(23-22-17-5-3-4-10-21-17)19(27)25(24-13)16-8-6-15(7-9-16)20(28)30-12-11-29-14(2)26;1-11-15(20-19-14-5-3-4-10-18-14)16(23)22(21-11)13-8-6-12(7-9-13)17(24)25-2;;/h3-18,29-30H,19-20H2,1-2H3;3-10,18H,11-12H2,1-2H3;3-10,15H,1-2H3;;/p+4. The van der Waals surface area contributed by atoms with Crippen LogP contribution in [0.25, 0.3) is 0 Å². The van der Waals surface area contributed by atoms with Crippen molar-refractivity contribution in [1.82, 2.24) is 19.9 Å². The molecule has 107 heavy (non-hydrogen) atoms. The molecule has 4 aromatic heterocycles. The smallest absolute Gasteiger partial charge is 0.404 e. The van der Waals surface area contributed by atoms with Crippen molar-refractivity contribution in [3.05, 3.63) is 217 Å². The minimum absolute atomic E-state index is 0. The first kappa shape index (κ1) is 79.5. The van der Waals surface area contributed by atoms with Gasteiger partial charge in [-0.05, 0) is 143 Å². The van der Waals surface area contributed by atoms with Gasteiger partial charge >= 0.3 is 53.4 Å². The van der Waals surface area contributed by atoms with E-state index in [9.17, 15) is 44.4 Å². The van der Waals surface area contributed by atoms with E-state index in [1.807, 2.05) is 0 Å². The van der Waals surface area contributed by atoms with Crippen LogP contribution in [0.4, 0.5) is 46.0 Å². The maximum atomic E-state index is 12.6. The van der Waals surface area contributed by atoms with Crippen molar-refractivity contribution in [2.45, 2.75) is 58.8 Å². The number of benzene rings is 4. The van der Waals surface area contributed by atoms with E-state index in [1.165, 1.54) is 57.0 Å². The van der Waals surface area contributed by atoms with E-state index in [2.05, 4.69) is 86.0 Å². The van der Waals surface area contributed by atoms with Gasteiger partial charge < -0.3 is 44.1 Å². The number of hydrazone groups is 4. The normalized spacial score (nSPS) is 16.6. The van der Waals surface area contributed by atoms with Crippen molar-refractivity contribution in [2.75, 3.05) is 33.5 Å². The third kappa shape index (κ3) is 21.0. The zero-order valence-electron chi connectivity index (χ0n) is 57.6. The second kappa shape index (κ2) is 38.3. The van der Waals surface area contributed by atoms with Gasteiger partial charge in [0.25, 0.3) is 0 Å². The third-order valence-corrected chi connectivity index (χ3v) is 14.9. The van der Waals surface area contributed by atoms with Crippen LogP contribution in [0.15, 0.2) is 256 Å². The number of methoxy groups -OCH3 is 1. The predicted molar refractivity (Wildman–Crippen MR) is 377 cm³/mol. The quantitative estimate of drug-likeness (QED) is 0.0122.